The van der Waals surface area contributed by atoms with Gasteiger partial charge in [0, 0.05) is 31.0 Å². The molecular formula is C16H19N5O. The second kappa shape index (κ2) is 5.63. The van der Waals surface area contributed by atoms with Gasteiger partial charge in [-0.05, 0) is 38.0 Å². The molecule has 3 heterocycles. The number of nitrogens with one attached hydrogen (secondary N) is 1. The smallest absolute Gasteiger partial charge is 0.251 e. The maximum atomic E-state index is 12.2. The molecule has 0 unspecified atom stereocenters. The van der Waals surface area contributed by atoms with Crippen LogP contribution in [-0.2, 0) is 13.5 Å². The minimum absolute atomic E-state index is 0.0668. The Labute approximate surface area is 128 Å². The van der Waals surface area contributed by atoms with E-state index >= 15 is 0 Å². The Bertz CT molecular complexity index is 830. The molecule has 0 spiro atoms. The summed E-state index contributed by atoms with van der Waals surface area (Å²) in [5.41, 5.74) is 4.93. The number of amides is 1. The number of aryl methyl sites for hydroxylation is 2. The Hall–Kier alpha value is -2.63. The second-order valence-electron chi connectivity index (χ2n) is 5.42. The van der Waals surface area contributed by atoms with Crippen LogP contribution in [0.15, 0.2) is 30.9 Å². The Kier molecular flexibility index (Phi) is 3.66. The largest absolute Gasteiger partial charge is 0.352 e. The molecule has 1 amide bonds. The van der Waals surface area contributed by atoms with Crippen molar-refractivity contribution in [2.45, 2.75) is 20.3 Å². The number of carbonyl (C=O) groups excluding carboxylic acids is 1. The second-order valence-corrected chi connectivity index (χ2v) is 5.42. The zero-order chi connectivity index (χ0) is 15.7. The fourth-order valence-electron chi connectivity index (χ4n) is 2.64. The summed E-state index contributed by atoms with van der Waals surface area (Å²) < 4.78 is 3.75. The highest BCUT2D eigenvalue weighted by molar-refractivity contribution is 5.95. The van der Waals surface area contributed by atoms with Crippen LogP contribution in [0.5, 0.6) is 0 Å². The average molecular weight is 297 g/mol. The first-order chi connectivity index (χ1) is 10.6. The quantitative estimate of drug-likeness (QED) is 0.796. The monoisotopic (exact) mass is 297 g/mol. The molecule has 0 bridgehead atoms. The topological polar surface area (TPSA) is 64.2 Å². The van der Waals surface area contributed by atoms with Gasteiger partial charge in [0.1, 0.15) is 0 Å². The number of fused-ring (bicyclic) bond motifs is 1. The van der Waals surface area contributed by atoms with Gasteiger partial charge in [0.15, 0.2) is 0 Å². The molecule has 0 radical (unpaired) electrons. The van der Waals surface area contributed by atoms with E-state index < -0.39 is 0 Å². The molecule has 22 heavy (non-hydrogen) atoms. The molecule has 0 saturated heterocycles. The highest BCUT2D eigenvalue weighted by Gasteiger charge is 2.10. The van der Waals surface area contributed by atoms with E-state index in [1.54, 1.807) is 18.6 Å². The first-order valence-electron chi connectivity index (χ1n) is 7.25. The van der Waals surface area contributed by atoms with Crippen molar-refractivity contribution in [2.24, 2.45) is 7.05 Å². The Balaban J connectivity index is 1.64. The number of aromatic nitrogens is 4. The van der Waals surface area contributed by atoms with Crippen LogP contribution in [0, 0.1) is 13.8 Å². The summed E-state index contributed by atoms with van der Waals surface area (Å²) in [6.45, 7) is 4.64. The molecule has 0 aromatic carbocycles. The number of nitrogens with zero attached hydrogens (tertiary/aromatic N) is 4. The summed E-state index contributed by atoms with van der Waals surface area (Å²) in [4.78, 5) is 16.3. The molecular weight excluding hydrogens is 278 g/mol. The van der Waals surface area contributed by atoms with Crippen LogP contribution in [-0.4, -0.2) is 31.6 Å². The van der Waals surface area contributed by atoms with E-state index in [4.69, 9.17) is 0 Å². The van der Waals surface area contributed by atoms with Crippen LogP contribution in [0.1, 0.15) is 27.3 Å². The van der Waals surface area contributed by atoms with E-state index in [0.717, 1.165) is 23.3 Å². The fraction of sp³-hybridized carbons (Fsp3) is 0.312. The summed E-state index contributed by atoms with van der Waals surface area (Å²) in [6.07, 6.45) is 6.07. The van der Waals surface area contributed by atoms with Gasteiger partial charge in [0.2, 0.25) is 0 Å². The third kappa shape index (κ3) is 2.59. The van der Waals surface area contributed by atoms with Gasteiger partial charge in [0.05, 0.1) is 23.7 Å². The summed E-state index contributed by atoms with van der Waals surface area (Å²) in [5.74, 6) is -0.0668. The molecule has 6 nitrogen and oxygen atoms in total. The molecule has 3 rings (SSSR count). The van der Waals surface area contributed by atoms with Crippen molar-refractivity contribution >= 4 is 11.4 Å². The molecule has 0 aliphatic heterocycles. The van der Waals surface area contributed by atoms with Crippen molar-refractivity contribution in [1.82, 2.24) is 24.5 Å². The van der Waals surface area contributed by atoms with E-state index in [1.807, 2.05) is 42.2 Å². The van der Waals surface area contributed by atoms with Crippen molar-refractivity contribution in [3.63, 3.8) is 0 Å². The number of imidazole rings is 1. The molecule has 0 aliphatic carbocycles. The first kappa shape index (κ1) is 14.3. The van der Waals surface area contributed by atoms with Crippen molar-refractivity contribution in [1.29, 1.82) is 0 Å². The van der Waals surface area contributed by atoms with E-state index in [2.05, 4.69) is 15.4 Å². The van der Waals surface area contributed by atoms with Gasteiger partial charge in [-0.1, -0.05) is 0 Å². The average Bonchev–Trinajstić information content (AvgIpc) is 3.06. The fourth-order valence-corrected chi connectivity index (χ4v) is 2.64. The molecule has 0 atom stereocenters. The van der Waals surface area contributed by atoms with Gasteiger partial charge < -0.3 is 9.72 Å². The lowest BCUT2D eigenvalue weighted by Crippen LogP contribution is -2.26. The predicted molar refractivity (Wildman–Crippen MR) is 83.9 cm³/mol. The van der Waals surface area contributed by atoms with Crippen LogP contribution >= 0.6 is 0 Å². The van der Waals surface area contributed by atoms with Crippen LogP contribution in [0.4, 0.5) is 0 Å². The number of hydrogen-bond acceptors (Lipinski definition) is 3. The Morgan fingerprint density at radius 1 is 1.36 bits per heavy atom. The summed E-state index contributed by atoms with van der Waals surface area (Å²) in [6, 6.07) is 3.63. The van der Waals surface area contributed by atoms with Crippen LogP contribution in [0.25, 0.3) is 5.52 Å². The van der Waals surface area contributed by atoms with Gasteiger partial charge in [-0.2, -0.15) is 5.10 Å². The maximum absolute atomic E-state index is 12.2. The van der Waals surface area contributed by atoms with Crippen LogP contribution < -0.4 is 5.32 Å². The van der Waals surface area contributed by atoms with Crippen molar-refractivity contribution in [3.8, 4) is 0 Å². The number of carbonyl (C=O) groups is 1. The lowest BCUT2D eigenvalue weighted by atomic mass is 10.1. The van der Waals surface area contributed by atoms with Gasteiger partial charge >= 0.3 is 0 Å². The molecule has 3 aromatic rings. The minimum atomic E-state index is -0.0668. The molecule has 3 aromatic heterocycles. The van der Waals surface area contributed by atoms with Crippen LogP contribution in [0.3, 0.4) is 0 Å². The Morgan fingerprint density at radius 2 is 2.18 bits per heavy atom. The van der Waals surface area contributed by atoms with E-state index in [0.29, 0.717) is 12.1 Å². The SMILES string of the molecule is Cc1nn(C)c(C)c1CCNC(=O)c1ccn2cncc2c1. The third-order valence-electron chi connectivity index (χ3n) is 4.00. The van der Waals surface area contributed by atoms with Gasteiger partial charge in [0.25, 0.3) is 5.91 Å². The summed E-state index contributed by atoms with van der Waals surface area (Å²) in [7, 11) is 1.94. The van der Waals surface area contributed by atoms with Crippen molar-refractivity contribution in [2.75, 3.05) is 6.54 Å². The highest BCUT2D eigenvalue weighted by Crippen LogP contribution is 2.12. The zero-order valence-corrected chi connectivity index (χ0v) is 13.0. The standard InChI is InChI=1S/C16H19N5O/c1-11-15(12(2)20(3)19-11)4-6-18-16(22)13-5-7-21-10-17-9-14(21)8-13/h5,7-10H,4,6H2,1-3H3,(H,18,22). The summed E-state index contributed by atoms with van der Waals surface area (Å²) in [5, 5.41) is 7.35. The van der Waals surface area contributed by atoms with Crippen LogP contribution in [0.2, 0.25) is 0 Å². The maximum Gasteiger partial charge on any atom is 0.251 e. The van der Waals surface area contributed by atoms with Gasteiger partial charge in [-0.3, -0.25) is 9.48 Å². The van der Waals surface area contributed by atoms with E-state index in [9.17, 15) is 4.79 Å². The van der Waals surface area contributed by atoms with Gasteiger partial charge in [-0.25, -0.2) is 4.98 Å². The molecule has 6 heteroatoms. The number of hydrogen-bond donors (Lipinski definition) is 1. The highest BCUT2D eigenvalue weighted by atomic mass is 16.1. The van der Waals surface area contributed by atoms with E-state index in [-0.39, 0.29) is 5.91 Å². The third-order valence-corrected chi connectivity index (χ3v) is 4.00. The lowest BCUT2D eigenvalue weighted by molar-refractivity contribution is 0.0954. The molecule has 0 saturated carbocycles. The molecule has 1 N–H and O–H groups in total. The van der Waals surface area contributed by atoms with Crippen molar-refractivity contribution in [3.05, 3.63) is 53.4 Å². The van der Waals surface area contributed by atoms with Crippen molar-refractivity contribution < 1.29 is 4.79 Å². The lowest BCUT2D eigenvalue weighted by Gasteiger charge is -2.06. The first-order valence-corrected chi connectivity index (χ1v) is 7.25. The number of pyridine rings is 1. The zero-order valence-electron chi connectivity index (χ0n) is 13.0. The number of rotatable bonds is 4. The normalized spacial score (nSPS) is 11.0. The molecule has 114 valence electrons. The molecule has 0 aliphatic rings. The Morgan fingerprint density at radius 3 is 2.91 bits per heavy atom. The minimum Gasteiger partial charge on any atom is -0.352 e. The molecule has 0 fully saturated rings. The predicted octanol–water partition coefficient (Wildman–Crippen LogP) is 1.66. The van der Waals surface area contributed by atoms with E-state index in [1.165, 1.54) is 5.56 Å². The van der Waals surface area contributed by atoms with Gasteiger partial charge in [-0.15, -0.1) is 0 Å². The summed E-state index contributed by atoms with van der Waals surface area (Å²) >= 11 is 0.